The van der Waals surface area contributed by atoms with Gasteiger partial charge in [-0.3, -0.25) is 0 Å². The number of para-hydroxylation sites is 2. The Hall–Kier alpha value is -4.34. The second-order valence-corrected chi connectivity index (χ2v) is 13.6. The van der Waals surface area contributed by atoms with Gasteiger partial charge in [0.25, 0.3) is 0 Å². The van der Waals surface area contributed by atoms with Crippen molar-refractivity contribution in [2.24, 2.45) is 0 Å². The van der Waals surface area contributed by atoms with E-state index in [4.69, 9.17) is 0 Å². The predicted octanol–water partition coefficient (Wildman–Crippen LogP) is 5.58. The van der Waals surface area contributed by atoms with Crippen LogP contribution >= 0.6 is 0 Å². The summed E-state index contributed by atoms with van der Waals surface area (Å²) < 4.78 is 0. The number of aryl methyl sites for hydroxylation is 2. The molecule has 0 fully saturated rings. The minimum atomic E-state index is 0. The number of likely N-dealkylation sites (N-methyl/N-ethyl adjacent to an activating group) is 2. The van der Waals surface area contributed by atoms with Crippen LogP contribution in [0.15, 0.2) is 97.3 Å². The van der Waals surface area contributed by atoms with E-state index in [1.54, 1.807) is 0 Å². The van der Waals surface area contributed by atoms with Gasteiger partial charge in [-0.25, -0.2) is 9.97 Å². The molecule has 300 valence electrons. The summed E-state index contributed by atoms with van der Waals surface area (Å²) in [5, 5.41) is 16.5. The first-order valence-electron chi connectivity index (χ1n) is 18.4. The van der Waals surface area contributed by atoms with Crippen LogP contribution in [0.25, 0.3) is 0 Å². The number of rotatable bonds is 14. The molecule has 14 heteroatoms. The largest absolute Gasteiger partial charge is 0.579 e. The van der Waals surface area contributed by atoms with E-state index in [-0.39, 0.29) is 42.1 Å². The van der Waals surface area contributed by atoms with Crippen molar-refractivity contribution in [2.45, 2.75) is 26.7 Å². The summed E-state index contributed by atoms with van der Waals surface area (Å²) in [6.07, 6.45) is 5.51. The average Bonchev–Trinajstić information content (AvgIpc) is 4.01. The monoisotopic (exact) mass is 1110 g/mol. The van der Waals surface area contributed by atoms with Crippen LogP contribution < -0.4 is 29.8 Å². The van der Waals surface area contributed by atoms with Gasteiger partial charge < -0.3 is 49.8 Å². The first-order chi connectivity index (χ1) is 26.4. The Morgan fingerprint density at radius 3 is 1.43 bits per heavy atom. The normalized spacial score (nSPS) is 13.0. The Morgan fingerprint density at radius 1 is 0.607 bits per heavy atom. The Morgan fingerprint density at radius 2 is 1.05 bits per heavy atom. The molecule has 6 aromatic rings. The maximum absolute atomic E-state index is 4.58. The summed E-state index contributed by atoms with van der Waals surface area (Å²) in [7, 11) is 4.29. The molecular weight excluding hydrogens is 1060 g/mol. The number of nitrogens with zero attached hydrogens (tertiary/aromatic N) is 12. The molecule has 6 heterocycles. The summed E-state index contributed by atoms with van der Waals surface area (Å²) in [5.41, 5.74) is 8.35. The molecule has 2 aliphatic heterocycles. The summed E-state index contributed by atoms with van der Waals surface area (Å²) in [6.45, 7) is 13.8. The number of aromatic nitrogens is 6. The summed E-state index contributed by atoms with van der Waals surface area (Å²) in [4.78, 5) is 22.5. The number of pyridine rings is 2. The molecule has 0 atom stereocenters. The molecule has 2 aromatic carbocycles. The van der Waals surface area contributed by atoms with Gasteiger partial charge in [0.2, 0.25) is 0 Å². The molecule has 2 aliphatic rings. The van der Waals surface area contributed by atoms with E-state index in [0.29, 0.717) is 0 Å². The third-order valence-electron chi connectivity index (χ3n) is 9.39. The summed E-state index contributed by atoms with van der Waals surface area (Å²) >= 11 is 0. The molecule has 0 amide bonds. The van der Waals surface area contributed by atoms with Gasteiger partial charge in [-0.1, -0.05) is 26.0 Å². The van der Waals surface area contributed by atoms with Crippen LogP contribution in [0.1, 0.15) is 22.8 Å². The minimum Gasteiger partial charge on any atom is -0.579 e. The Bertz CT molecular complexity index is 1910. The van der Waals surface area contributed by atoms with E-state index >= 15 is 0 Å². The first-order valence-corrected chi connectivity index (χ1v) is 18.4. The van der Waals surface area contributed by atoms with Gasteiger partial charge >= 0.3 is 0 Å². The Kier molecular flexibility index (Phi) is 15.8. The van der Waals surface area contributed by atoms with Crippen molar-refractivity contribution in [2.75, 3.05) is 73.0 Å². The van der Waals surface area contributed by atoms with E-state index < -0.39 is 0 Å². The SMILES string of the molecule is Cc1cc(CCN(C)CCN2[CH-]N(c3[c-]cccc3)c3ncccc32)n[n-]1.Cc1cc(CCN(C)CCN2[CH-]N(c3[c-]cccc3)c3ncccc32)n[n-]1.[Pt].[Pt]. The minimum absolute atomic E-state index is 0. The molecule has 0 radical (unpaired) electrons. The number of anilines is 6. The number of hydrogen-bond donors (Lipinski definition) is 0. The van der Waals surface area contributed by atoms with Gasteiger partial charge in [-0.15, -0.1) is 22.8 Å². The van der Waals surface area contributed by atoms with Crippen molar-refractivity contribution in [1.82, 2.24) is 40.2 Å². The van der Waals surface area contributed by atoms with Crippen LogP contribution in [0.2, 0.25) is 0 Å². The topological polar surface area (TPSA) is 99.2 Å². The fourth-order valence-corrected chi connectivity index (χ4v) is 6.41. The fourth-order valence-electron chi connectivity index (χ4n) is 6.41. The van der Waals surface area contributed by atoms with Crippen LogP contribution in [0.5, 0.6) is 0 Å². The van der Waals surface area contributed by atoms with Gasteiger partial charge in [0.05, 0.1) is 0 Å². The zero-order valence-corrected chi connectivity index (χ0v) is 36.6. The Balaban J connectivity index is 0.000000207. The molecule has 0 unspecified atom stereocenters. The number of fused-ring (bicyclic) bond motifs is 2. The second-order valence-electron chi connectivity index (χ2n) is 13.6. The van der Waals surface area contributed by atoms with E-state index in [1.165, 1.54) is 0 Å². The maximum Gasteiger partial charge on any atom is 0.124 e. The van der Waals surface area contributed by atoms with Crippen molar-refractivity contribution < 1.29 is 42.1 Å². The molecule has 8 rings (SSSR count). The van der Waals surface area contributed by atoms with E-state index in [9.17, 15) is 0 Å². The molecule has 0 saturated heterocycles. The molecule has 0 saturated carbocycles. The second kappa shape index (κ2) is 20.7. The van der Waals surface area contributed by atoms with E-state index in [2.05, 4.69) is 124 Å². The zero-order valence-electron chi connectivity index (χ0n) is 32.0. The molecule has 0 N–H and O–H groups in total. The van der Waals surface area contributed by atoms with Crippen LogP contribution in [0, 0.1) is 39.3 Å². The summed E-state index contributed by atoms with van der Waals surface area (Å²) in [6, 6.07) is 34.8. The van der Waals surface area contributed by atoms with E-state index in [1.807, 2.05) is 86.9 Å². The van der Waals surface area contributed by atoms with Crippen LogP contribution in [-0.2, 0) is 55.0 Å². The van der Waals surface area contributed by atoms with Crippen molar-refractivity contribution in [1.29, 1.82) is 0 Å². The smallest absolute Gasteiger partial charge is 0.124 e. The zero-order chi connectivity index (χ0) is 37.3. The third kappa shape index (κ3) is 10.9. The number of benzene rings is 2. The number of hydrogen-bond acceptors (Lipinski definition) is 10. The predicted molar refractivity (Wildman–Crippen MR) is 214 cm³/mol. The fraction of sp³-hybridized carbons (Fsp3) is 0.286. The standard InChI is InChI=1S/2C21H23N6.2Pt/c2*1-17-15-18(24-23-17)10-12-25(2)13-14-26-16-27(19-7-4-3-5-8-19)21-20(26)9-6-11-22-21;;/h2*3-7,9,11,15-16H,10,12-14H2,1-2H3;;/q2*-3;;. The maximum atomic E-state index is 4.58. The molecular formula is C42H46N12Pt2-6. The van der Waals surface area contributed by atoms with Crippen molar-refractivity contribution in [3.05, 3.63) is 146 Å². The van der Waals surface area contributed by atoms with E-state index in [0.717, 1.165) is 109 Å². The van der Waals surface area contributed by atoms with Crippen LogP contribution in [0.3, 0.4) is 0 Å². The first kappa shape index (κ1) is 42.8. The van der Waals surface area contributed by atoms with Crippen molar-refractivity contribution >= 4 is 34.4 Å². The van der Waals surface area contributed by atoms with Gasteiger partial charge in [0.15, 0.2) is 0 Å². The van der Waals surface area contributed by atoms with Crippen molar-refractivity contribution in [3.8, 4) is 0 Å². The molecule has 4 aromatic heterocycles. The van der Waals surface area contributed by atoms with Gasteiger partial charge in [-0.2, -0.15) is 74.0 Å². The van der Waals surface area contributed by atoms with Crippen LogP contribution in [0.4, 0.5) is 34.4 Å². The molecule has 0 spiro atoms. The van der Waals surface area contributed by atoms with Gasteiger partial charge in [0.1, 0.15) is 11.6 Å². The third-order valence-corrected chi connectivity index (χ3v) is 9.39. The van der Waals surface area contributed by atoms with Gasteiger partial charge in [-0.05, 0) is 38.4 Å². The van der Waals surface area contributed by atoms with Gasteiger partial charge in [0, 0.05) is 129 Å². The quantitative estimate of drug-likeness (QED) is 0.128. The molecule has 0 bridgehead atoms. The summed E-state index contributed by atoms with van der Waals surface area (Å²) in [5.74, 6) is 1.90. The van der Waals surface area contributed by atoms with Crippen molar-refractivity contribution in [3.63, 3.8) is 0 Å². The Labute approximate surface area is 359 Å². The van der Waals surface area contributed by atoms with Crippen LogP contribution in [-0.4, -0.2) is 83.3 Å². The molecule has 12 nitrogen and oxygen atoms in total. The molecule has 56 heavy (non-hydrogen) atoms. The molecule has 0 aliphatic carbocycles. The average molecular weight is 1110 g/mol.